The number of alkyl carbamates (subject to hydrolysis) is 1. The molecule has 2 rings (SSSR count). The summed E-state index contributed by atoms with van der Waals surface area (Å²) in [5.74, 6) is -0.153. The quantitative estimate of drug-likeness (QED) is 0.824. The molecule has 0 atom stereocenters. The van der Waals surface area contributed by atoms with Crippen molar-refractivity contribution in [3.05, 3.63) is 70.2 Å². The number of hydrogen-bond donors (Lipinski definition) is 1. The fraction of sp³-hybridized carbons (Fsp3) is 0.263. The molecule has 4 nitrogen and oxygen atoms in total. The lowest BCUT2D eigenvalue weighted by Crippen LogP contribution is -2.32. The number of hydrogen-bond acceptors (Lipinski definition) is 3. The number of rotatable bonds is 4. The average molecular weight is 346 g/mol. The second-order valence-corrected chi connectivity index (χ2v) is 6.71. The number of nitrogens with one attached hydrogen (secondary N) is 1. The van der Waals surface area contributed by atoms with E-state index in [0.717, 1.165) is 0 Å². The van der Waals surface area contributed by atoms with Crippen LogP contribution in [0.3, 0.4) is 0 Å². The van der Waals surface area contributed by atoms with Gasteiger partial charge in [-0.2, -0.15) is 0 Å². The van der Waals surface area contributed by atoms with Gasteiger partial charge < -0.3 is 10.1 Å². The Morgan fingerprint density at radius 3 is 2.33 bits per heavy atom. The van der Waals surface area contributed by atoms with Crippen molar-refractivity contribution in [3.63, 3.8) is 0 Å². The van der Waals surface area contributed by atoms with Crippen LogP contribution in [0.5, 0.6) is 0 Å². The SMILES string of the molecule is CC(C)(C)OC(=O)NCc1cccc(C(=O)c2ccccc2)c1Cl. The minimum Gasteiger partial charge on any atom is -0.444 e. The molecule has 2 aromatic rings. The Kier molecular flexibility index (Phi) is 5.62. The van der Waals surface area contributed by atoms with Crippen molar-refractivity contribution < 1.29 is 14.3 Å². The Hall–Kier alpha value is -2.33. The van der Waals surface area contributed by atoms with Gasteiger partial charge in [0.25, 0.3) is 0 Å². The van der Waals surface area contributed by atoms with E-state index in [9.17, 15) is 9.59 Å². The molecule has 0 aromatic heterocycles. The Morgan fingerprint density at radius 1 is 1.04 bits per heavy atom. The normalized spacial score (nSPS) is 11.0. The van der Waals surface area contributed by atoms with Gasteiger partial charge in [-0.1, -0.05) is 54.1 Å². The maximum Gasteiger partial charge on any atom is 0.407 e. The molecule has 0 saturated heterocycles. The van der Waals surface area contributed by atoms with Crippen molar-refractivity contribution in [2.75, 3.05) is 0 Å². The third kappa shape index (κ3) is 4.83. The molecule has 1 N–H and O–H groups in total. The monoisotopic (exact) mass is 345 g/mol. The minimum atomic E-state index is -0.570. The highest BCUT2D eigenvalue weighted by Gasteiger charge is 2.18. The lowest BCUT2D eigenvalue weighted by atomic mass is 10.0. The highest BCUT2D eigenvalue weighted by atomic mass is 35.5. The van der Waals surface area contributed by atoms with Gasteiger partial charge in [0, 0.05) is 17.7 Å². The predicted octanol–water partition coefficient (Wildman–Crippen LogP) is 4.60. The number of amides is 1. The van der Waals surface area contributed by atoms with Gasteiger partial charge >= 0.3 is 6.09 Å². The zero-order valence-corrected chi connectivity index (χ0v) is 14.7. The molecular weight excluding hydrogens is 326 g/mol. The van der Waals surface area contributed by atoms with Crippen molar-refractivity contribution in [2.24, 2.45) is 0 Å². The van der Waals surface area contributed by atoms with Crippen LogP contribution in [0.4, 0.5) is 4.79 Å². The summed E-state index contributed by atoms with van der Waals surface area (Å²) in [7, 11) is 0. The maximum atomic E-state index is 12.5. The van der Waals surface area contributed by atoms with Crippen molar-refractivity contribution in [2.45, 2.75) is 32.9 Å². The summed E-state index contributed by atoms with van der Waals surface area (Å²) in [6.07, 6.45) is -0.529. The van der Waals surface area contributed by atoms with Crippen LogP contribution in [-0.2, 0) is 11.3 Å². The molecule has 126 valence electrons. The molecule has 0 bridgehead atoms. The van der Waals surface area contributed by atoms with Gasteiger partial charge in [-0.3, -0.25) is 4.79 Å². The Balaban J connectivity index is 2.14. The number of ketones is 1. The van der Waals surface area contributed by atoms with E-state index in [1.54, 1.807) is 63.2 Å². The molecule has 0 unspecified atom stereocenters. The molecule has 0 radical (unpaired) electrons. The van der Waals surface area contributed by atoms with Crippen LogP contribution >= 0.6 is 11.6 Å². The minimum absolute atomic E-state index is 0.153. The molecule has 0 aliphatic carbocycles. The van der Waals surface area contributed by atoms with Crippen LogP contribution in [0.2, 0.25) is 5.02 Å². The van der Waals surface area contributed by atoms with E-state index in [1.807, 2.05) is 6.07 Å². The summed E-state index contributed by atoms with van der Waals surface area (Å²) in [4.78, 5) is 24.3. The molecule has 0 fully saturated rings. The molecule has 0 heterocycles. The van der Waals surface area contributed by atoms with Crippen LogP contribution in [0.15, 0.2) is 48.5 Å². The maximum absolute atomic E-state index is 12.5. The molecule has 0 aliphatic heterocycles. The van der Waals surface area contributed by atoms with Crippen molar-refractivity contribution >= 4 is 23.5 Å². The van der Waals surface area contributed by atoms with E-state index in [4.69, 9.17) is 16.3 Å². The number of ether oxygens (including phenoxy) is 1. The third-order valence-electron chi connectivity index (χ3n) is 3.18. The summed E-state index contributed by atoms with van der Waals surface area (Å²) in [6, 6.07) is 14.1. The van der Waals surface area contributed by atoms with Gasteiger partial charge in [0.2, 0.25) is 0 Å². The first-order chi connectivity index (χ1) is 11.3. The molecule has 0 saturated carbocycles. The standard InChI is InChI=1S/C19H20ClNO3/c1-19(2,3)24-18(23)21-12-14-10-7-11-15(16(14)20)17(22)13-8-5-4-6-9-13/h4-11H,12H2,1-3H3,(H,21,23). The smallest absolute Gasteiger partial charge is 0.407 e. The van der Waals surface area contributed by atoms with Gasteiger partial charge in [0.05, 0.1) is 5.02 Å². The highest BCUT2D eigenvalue weighted by Crippen LogP contribution is 2.24. The van der Waals surface area contributed by atoms with Crippen molar-refractivity contribution in [1.29, 1.82) is 0 Å². The first-order valence-electron chi connectivity index (χ1n) is 7.62. The van der Waals surface area contributed by atoms with Gasteiger partial charge in [-0.15, -0.1) is 0 Å². The van der Waals surface area contributed by atoms with Crippen molar-refractivity contribution in [1.82, 2.24) is 5.32 Å². The number of carbonyl (C=O) groups excluding carboxylic acids is 2. The highest BCUT2D eigenvalue weighted by molar-refractivity contribution is 6.35. The summed E-state index contributed by atoms with van der Waals surface area (Å²) in [5.41, 5.74) is 1.06. The lowest BCUT2D eigenvalue weighted by molar-refractivity contribution is 0.0523. The number of halogens is 1. The first-order valence-corrected chi connectivity index (χ1v) is 8.00. The Labute approximate surface area is 146 Å². The average Bonchev–Trinajstić information content (AvgIpc) is 2.52. The molecular formula is C19H20ClNO3. The molecule has 1 amide bonds. The van der Waals surface area contributed by atoms with E-state index in [1.165, 1.54) is 0 Å². The second kappa shape index (κ2) is 7.49. The summed E-state index contributed by atoms with van der Waals surface area (Å²) >= 11 is 6.36. The number of carbonyl (C=O) groups is 2. The van der Waals surface area contributed by atoms with Gasteiger partial charge in [-0.25, -0.2) is 4.79 Å². The Morgan fingerprint density at radius 2 is 1.71 bits per heavy atom. The van der Waals surface area contributed by atoms with E-state index in [-0.39, 0.29) is 12.3 Å². The summed E-state index contributed by atoms with van der Waals surface area (Å²) < 4.78 is 5.19. The first kappa shape index (κ1) is 18.0. The van der Waals surface area contributed by atoms with Gasteiger partial charge in [0.1, 0.15) is 5.60 Å². The molecule has 0 aliphatic rings. The molecule has 2 aromatic carbocycles. The third-order valence-corrected chi connectivity index (χ3v) is 3.63. The predicted molar refractivity (Wildman–Crippen MR) is 94.4 cm³/mol. The zero-order chi connectivity index (χ0) is 17.7. The van der Waals surface area contributed by atoms with Crippen LogP contribution in [0.25, 0.3) is 0 Å². The van der Waals surface area contributed by atoms with Gasteiger partial charge in [0.15, 0.2) is 5.78 Å². The number of benzene rings is 2. The van der Waals surface area contributed by atoms with E-state index < -0.39 is 11.7 Å². The van der Waals surface area contributed by atoms with E-state index in [0.29, 0.717) is 21.7 Å². The summed E-state index contributed by atoms with van der Waals surface area (Å²) in [6.45, 7) is 5.56. The fourth-order valence-electron chi connectivity index (χ4n) is 2.12. The summed E-state index contributed by atoms with van der Waals surface area (Å²) in [5, 5.41) is 2.98. The lowest BCUT2D eigenvalue weighted by Gasteiger charge is -2.20. The van der Waals surface area contributed by atoms with Crippen LogP contribution in [-0.4, -0.2) is 17.5 Å². The largest absolute Gasteiger partial charge is 0.444 e. The molecule has 24 heavy (non-hydrogen) atoms. The second-order valence-electron chi connectivity index (χ2n) is 6.33. The zero-order valence-electron chi connectivity index (χ0n) is 13.9. The van der Waals surface area contributed by atoms with Crippen molar-refractivity contribution in [3.8, 4) is 0 Å². The van der Waals surface area contributed by atoms with Gasteiger partial charge in [-0.05, 0) is 32.4 Å². The van der Waals surface area contributed by atoms with Crippen LogP contribution < -0.4 is 5.32 Å². The van der Waals surface area contributed by atoms with E-state index >= 15 is 0 Å². The van der Waals surface area contributed by atoms with Crippen LogP contribution in [0, 0.1) is 0 Å². The molecule has 0 spiro atoms. The fourth-order valence-corrected chi connectivity index (χ4v) is 2.40. The van der Waals surface area contributed by atoms with Crippen LogP contribution in [0.1, 0.15) is 42.3 Å². The van der Waals surface area contributed by atoms with E-state index in [2.05, 4.69) is 5.32 Å². The molecule has 5 heteroatoms. The topological polar surface area (TPSA) is 55.4 Å². The Bertz CT molecular complexity index is 736.